The molecule has 0 radical (unpaired) electrons. The van der Waals surface area contributed by atoms with Crippen LogP contribution in [-0.2, 0) is 4.79 Å². The molecular formula is C13H15N3O2. The second-order valence-corrected chi connectivity index (χ2v) is 4.48. The first kappa shape index (κ1) is 12.6. The van der Waals surface area contributed by atoms with Crippen molar-refractivity contribution in [1.29, 1.82) is 5.26 Å². The smallest absolute Gasteiger partial charge is 0.238 e. The van der Waals surface area contributed by atoms with Gasteiger partial charge in [-0.25, -0.2) is 0 Å². The number of hydrogen-bond donors (Lipinski definition) is 2. The predicted molar refractivity (Wildman–Crippen MR) is 66.8 cm³/mol. The molecule has 5 nitrogen and oxygen atoms in total. The van der Waals surface area contributed by atoms with Gasteiger partial charge in [0, 0.05) is 31.3 Å². The van der Waals surface area contributed by atoms with E-state index < -0.39 is 0 Å². The number of amides is 1. The summed E-state index contributed by atoms with van der Waals surface area (Å²) in [5.41, 5.74) is 1.16. The number of benzene rings is 1. The molecule has 1 aromatic rings. The molecule has 1 aromatic carbocycles. The average molecular weight is 245 g/mol. The highest BCUT2D eigenvalue weighted by atomic mass is 16.3. The van der Waals surface area contributed by atoms with E-state index in [0.717, 1.165) is 13.1 Å². The van der Waals surface area contributed by atoms with E-state index in [1.807, 2.05) is 11.0 Å². The number of likely N-dealkylation sites (tertiary alicyclic amines) is 1. The molecule has 1 aliphatic rings. The average Bonchev–Trinajstić information content (AvgIpc) is 2.33. The fraction of sp³-hybridized carbons (Fsp3) is 0.385. The van der Waals surface area contributed by atoms with Crippen LogP contribution in [-0.4, -0.2) is 42.2 Å². The summed E-state index contributed by atoms with van der Waals surface area (Å²) in [4.78, 5) is 13.7. The number of aliphatic hydroxyl groups excluding tert-OH is 1. The first-order valence-electron chi connectivity index (χ1n) is 5.84. The summed E-state index contributed by atoms with van der Waals surface area (Å²) in [6, 6.07) is 8.85. The molecule has 1 heterocycles. The highest BCUT2D eigenvalue weighted by molar-refractivity contribution is 5.92. The van der Waals surface area contributed by atoms with Crippen LogP contribution in [0.25, 0.3) is 0 Å². The lowest BCUT2D eigenvalue weighted by atomic mass is 10.0. The Balaban J connectivity index is 1.82. The van der Waals surface area contributed by atoms with E-state index in [0.29, 0.717) is 23.7 Å². The molecule has 1 fully saturated rings. The topological polar surface area (TPSA) is 76.4 Å². The van der Waals surface area contributed by atoms with Crippen LogP contribution in [0.5, 0.6) is 0 Å². The van der Waals surface area contributed by atoms with Crippen LogP contribution in [0.1, 0.15) is 5.56 Å². The SMILES string of the molecule is N#Cc1cccc(NC(=O)CN2CC(CO)C2)c1. The van der Waals surface area contributed by atoms with E-state index >= 15 is 0 Å². The maximum absolute atomic E-state index is 11.7. The Morgan fingerprint density at radius 3 is 3.00 bits per heavy atom. The Morgan fingerprint density at radius 2 is 2.33 bits per heavy atom. The number of nitrogens with one attached hydrogen (secondary N) is 1. The Morgan fingerprint density at radius 1 is 1.56 bits per heavy atom. The number of aliphatic hydroxyl groups is 1. The zero-order valence-corrected chi connectivity index (χ0v) is 9.97. The van der Waals surface area contributed by atoms with E-state index in [1.54, 1.807) is 24.3 Å². The van der Waals surface area contributed by atoms with Gasteiger partial charge in [-0.3, -0.25) is 9.69 Å². The molecule has 1 aliphatic heterocycles. The normalized spacial score (nSPS) is 15.8. The molecule has 18 heavy (non-hydrogen) atoms. The lowest BCUT2D eigenvalue weighted by Crippen LogP contribution is -2.51. The molecule has 94 valence electrons. The van der Waals surface area contributed by atoms with E-state index in [2.05, 4.69) is 5.32 Å². The zero-order valence-electron chi connectivity index (χ0n) is 9.97. The van der Waals surface area contributed by atoms with Crippen LogP contribution in [0.4, 0.5) is 5.69 Å². The highest BCUT2D eigenvalue weighted by Crippen LogP contribution is 2.14. The fourth-order valence-corrected chi connectivity index (χ4v) is 1.99. The summed E-state index contributed by atoms with van der Waals surface area (Å²) < 4.78 is 0. The third-order valence-electron chi connectivity index (χ3n) is 2.93. The molecule has 0 aliphatic carbocycles. The van der Waals surface area contributed by atoms with Gasteiger partial charge in [-0.2, -0.15) is 5.26 Å². The second kappa shape index (κ2) is 5.63. The maximum Gasteiger partial charge on any atom is 0.238 e. The van der Waals surface area contributed by atoms with Crippen LogP contribution in [0.15, 0.2) is 24.3 Å². The molecule has 2 rings (SSSR count). The van der Waals surface area contributed by atoms with E-state index in [-0.39, 0.29) is 12.5 Å². The number of anilines is 1. The summed E-state index contributed by atoms with van der Waals surface area (Å²) >= 11 is 0. The maximum atomic E-state index is 11.7. The van der Waals surface area contributed by atoms with Gasteiger partial charge in [-0.15, -0.1) is 0 Å². The molecule has 1 saturated heterocycles. The molecular weight excluding hydrogens is 230 g/mol. The Bertz CT molecular complexity index is 475. The first-order valence-corrected chi connectivity index (χ1v) is 5.84. The minimum absolute atomic E-state index is 0.0959. The van der Waals surface area contributed by atoms with Crippen molar-refractivity contribution < 1.29 is 9.90 Å². The Labute approximate surface area is 106 Å². The van der Waals surface area contributed by atoms with Crippen molar-refractivity contribution in [2.45, 2.75) is 0 Å². The number of nitrogens with zero attached hydrogens (tertiary/aromatic N) is 2. The van der Waals surface area contributed by atoms with Gasteiger partial charge in [0.25, 0.3) is 0 Å². The molecule has 0 saturated carbocycles. The molecule has 0 unspecified atom stereocenters. The van der Waals surface area contributed by atoms with Gasteiger partial charge in [-0.1, -0.05) is 6.07 Å². The van der Waals surface area contributed by atoms with E-state index in [1.165, 1.54) is 0 Å². The summed E-state index contributed by atoms with van der Waals surface area (Å²) in [7, 11) is 0. The van der Waals surface area contributed by atoms with Crippen LogP contribution >= 0.6 is 0 Å². The van der Waals surface area contributed by atoms with Gasteiger partial charge >= 0.3 is 0 Å². The van der Waals surface area contributed by atoms with Gasteiger partial charge in [0.1, 0.15) is 0 Å². The van der Waals surface area contributed by atoms with Crippen molar-refractivity contribution in [2.24, 2.45) is 5.92 Å². The monoisotopic (exact) mass is 245 g/mol. The molecule has 1 amide bonds. The number of nitriles is 1. The fourth-order valence-electron chi connectivity index (χ4n) is 1.99. The zero-order chi connectivity index (χ0) is 13.0. The van der Waals surface area contributed by atoms with E-state index in [9.17, 15) is 4.79 Å². The molecule has 5 heteroatoms. The van der Waals surface area contributed by atoms with Crippen LogP contribution in [0.3, 0.4) is 0 Å². The molecule has 2 N–H and O–H groups in total. The Kier molecular flexibility index (Phi) is 3.92. The largest absolute Gasteiger partial charge is 0.396 e. The van der Waals surface area contributed by atoms with Crippen molar-refractivity contribution in [3.63, 3.8) is 0 Å². The van der Waals surface area contributed by atoms with Crippen molar-refractivity contribution >= 4 is 11.6 Å². The predicted octanol–water partition coefficient (Wildman–Crippen LogP) is 0.421. The van der Waals surface area contributed by atoms with Crippen molar-refractivity contribution in [1.82, 2.24) is 4.90 Å². The van der Waals surface area contributed by atoms with Crippen LogP contribution in [0.2, 0.25) is 0 Å². The lowest BCUT2D eigenvalue weighted by Gasteiger charge is -2.37. The van der Waals surface area contributed by atoms with Crippen LogP contribution < -0.4 is 5.32 Å². The van der Waals surface area contributed by atoms with Crippen molar-refractivity contribution in [3.05, 3.63) is 29.8 Å². The number of hydrogen-bond acceptors (Lipinski definition) is 4. The van der Waals surface area contributed by atoms with Crippen molar-refractivity contribution in [2.75, 3.05) is 31.6 Å². The van der Waals surface area contributed by atoms with E-state index in [4.69, 9.17) is 10.4 Å². The molecule has 0 bridgehead atoms. The third kappa shape index (κ3) is 3.06. The van der Waals surface area contributed by atoms with Crippen molar-refractivity contribution in [3.8, 4) is 6.07 Å². The Hall–Kier alpha value is -1.90. The number of carbonyl (C=O) groups is 1. The summed E-state index contributed by atoms with van der Waals surface area (Å²) in [5, 5.41) is 20.4. The van der Waals surface area contributed by atoms with Gasteiger partial charge in [0.2, 0.25) is 5.91 Å². The first-order chi connectivity index (χ1) is 8.71. The minimum Gasteiger partial charge on any atom is -0.396 e. The second-order valence-electron chi connectivity index (χ2n) is 4.48. The minimum atomic E-state index is -0.0959. The summed E-state index contributed by atoms with van der Waals surface area (Å²) in [5.74, 6) is 0.209. The quantitative estimate of drug-likeness (QED) is 0.806. The molecule has 0 atom stereocenters. The molecule has 0 spiro atoms. The third-order valence-corrected chi connectivity index (χ3v) is 2.93. The highest BCUT2D eigenvalue weighted by Gasteiger charge is 2.27. The van der Waals surface area contributed by atoms with Gasteiger partial charge in [-0.05, 0) is 18.2 Å². The van der Waals surface area contributed by atoms with Gasteiger partial charge in [0.15, 0.2) is 0 Å². The van der Waals surface area contributed by atoms with Gasteiger partial charge < -0.3 is 10.4 Å². The van der Waals surface area contributed by atoms with Crippen LogP contribution in [0, 0.1) is 17.2 Å². The lowest BCUT2D eigenvalue weighted by molar-refractivity contribution is -0.119. The summed E-state index contributed by atoms with van der Waals surface area (Å²) in [6.07, 6.45) is 0. The summed E-state index contributed by atoms with van der Waals surface area (Å²) in [6.45, 7) is 2.04. The number of rotatable bonds is 4. The van der Waals surface area contributed by atoms with Gasteiger partial charge in [0.05, 0.1) is 18.2 Å². The molecule has 0 aromatic heterocycles. The standard InChI is InChI=1S/C13H15N3O2/c14-5-10-2-1-3-12(4-10)15-13(18)8-16-6-11(7-16)9-17/h1-4,11,17H,6-9H2,(H,15,18). The number of carbonyl (C=O) groups excluding carboxylic acids is 1.